The molecule has 0 aliphatic heterocycles. The molecule has 3 aromatic rings. The van der Waals surface area contributed by atoms with Gasteiger partial charge in [-0.1, -0.05) is 26.0 Å². The minimum absolute atomic E-state index is 0.0918. The summed E-state index contributed by atoms with van der Waals surface area (Å²) in [5.74, 6) is 0.152. The van der Waals surface area contributed by atoms with Gasteiger partial charge in [0.1, 0.15) is 11.5 Å². The first kappa shape index (κ1) is 19.2. The van der Waals surface area contributed by atoms with E-state index >= 15 is 0 Å². The highest BCUT2D eigenvalue weighted by Gasteiger charge is 2.22. The molecule has 1 atom stereocenters. The molecule has 144 valence electrons. The second-order valence-electron chi connectivity index (χ2n) is 6.82. The molecule has 2 heterocycles. The standard InChI is InChI=1S/C20H22N6O2/c1-12(2)17(19-23-8-9-26(19)3)25-20(28)14-6-4-13(5-7-14)15-10-22-11-16(24-15)18(21)27/h4-12,17H,1-3H3,(H2,21,27)(H,25,28). The zero-order chi connectivity index (χ0) is 20.3. The number of rotatable bonds is 6. The summed E-state index contributed by atoms with van der Waals surface area (Å²) >= 11 is 0. The number of primary amides is 1. The van der Waals surface area contributed by atoms with Crippen LogP contribution in [-0.2, 0) is 7.05 Å². The van der Waals surface area contributed by atoms with Crippen molar-refractivity contribution in [1.82, 2.24) is 24.8 Å². The molecule has 0 fully saturated rings. The third-order valence-electron chi connectivity index (χ3n) is 4.42. The van der Waals surface area contributed by atoms with E-state index in [1.54, 1.807) is 30.5 Å². The number of carbonyl (C=O) groups is 2. The maximum Gasteiger partial charge on any atom is 0.268 e. The lowest BCUT2D eigenvalue weighted by molar-refractivity contribution is 0.0921. The van der Waals surface area contributed by atoms with Crippen LogP contribution >= 0.6 is 0 Å². The van der Waals surface area contributed by atoms with Gasteiger partial charge in [0.15, 0.2) is 0 Å². The monoisotopic (exact) mass is 378 g/mol. The minimum atomic E-state index is -0.639. The smallest absolute Gasteiger partial charge is 0.268 e. The first-order chi connectivity index (χ1) is 13.4. The van der Waals surface area contributed by atoms with Crippen molar-refractivity contribution in [2.45, 2.75) is 19.9 Å². The molecule has 3 rings (SSSR count). The molecule has 0 aliphatic carbocycles. The van der Waals surface area contributed by atoms with Crippen LogP contribution in [0.4, 0.5) is 0 Å². The number of hydrogen-bond donors (Lipinski definition) is 2. The van der Waals surface area contributed by atoms with Crippen LogP contribution in [0.2, 0.25) is 0 Å². The van der Waals surface area contributed by atoms with Crippen LogP contribution in [0.15, 0.2) is 49.1 Å². The van der Waals surface area contributed by atoms with Crippen molar-refractivity contribution in [3.8, 4) is 11.3 Å². The van der Waals surface area contributed by atoms with Crippen LogP contribution in [0, 0.1) is 5.92 Å². The van der Waals surface area contributed by atoms with Gasteiger partial charge in [-0.25, -0.2) is 9.97 Å². The van der Waals surface area contributed by atoms with Gasteiger partial charge < -0.3 is 15.6 Å². The first-order valence-electron chi connectivity index (χ1n) is 8.87. The van der Waals surface area contributed by atoms with Gasteiger partial charge >= 0.3 is 0 Å². The van der Waals surface area contributed by atoms with E-state index in [1.807, 2.05) is 31.7 Å². The molecule has 1 aromatic carbocycles. The summed E-state index contributed by atoms with van der Waals surface area (Å²) in [5.41, 5.74) is 7.10. The van der Waals surface area contributed by atoms with E-state index in [9.17, 15) is 9.59 Å². The van der Waals surface area contributed by atoms with E-state index in [-0.39, 0.29) is 23.6 Å². The third kappa shape index (κ3) is 4.06. The number of carbonyl (C=O) groups excluding carboxylic acids is 2. The van der Waals surface area contributed by atoms with Crippen LogP contribution in [0.25, 0.3) is 11.3 Å². The molecule has 0 bridgehead atoms. The van der Waals surface area contributed by atoms with Crippen LogP contribution in [0.5, 0.6) is 0 Å². The molecule has 28 heavy (non-hydrogen) atoms. The molecule has 2 aromatic heterocycles. The number of nitrogens with one attached hydrogen (secondary N) is 1. The molecule has 3 N–H and O–H groups in total. The fourth-order valence-electron chi connectivity index (χ4n) is 2.85. The van der Waals surface area contributed by atoms with Crippen LogP contribution < -0.4 is 11.1 Å². The number of aromatic nitrogens is 4. The number of benzene rings is 1. The molecular weight excluding hydrogens is 356 g/mol. The Hall–Kier alpha value is -3.55. The van der Waals surface area contributed by atoms with Gasteiger partial charge in [-0.15, -0.1) is 0 Å². The highest BCUT2D eigenvalue weighted by atomic mass is 16.2. The van der Waals surface area contributed by atoms with Crippen molar-refractivity contribution in [3.63, 3.8) is 0 Å². The van der Waals surface area contributed by atoms with Crippen molar-refractivity contribution in [2.24, 2.45) is 18.7 Å². The lowest BCUT2D eigenvalue weighted by Crippen LogP contribution is -2.33. The minimum Gasteiger partial charge on any atom is -0.364 e. The topological polar surface area (TPSA) is 116 Å². The SMILES string of the molecule is CC(C)C(NC(=O)c1ccc(-c2cncc(C(N)=O)n2)cc1)c1nccn1C. The van der Waals surface area contributed by atoms with Gasteiger partial charge in [0.05, 0.1) is 24.1 Å². The highest BCUT2D eigenvalue weighted by molar-refractivity contribution is 5.95. The number of amides is 2. The Bertz CT molecular complexity index is 994. The largest absolute Gasteiger partial charge is 0.364 e. The van der Waals surface area contributed by atoms with E-state index in [0.29, 0.717) is 11.3 Å². The van der Waals surface area contributed by atoms with E-state index < -0.39 is 5.91 Å². The molecule has 1 unspecified atom stereocenters. The Morgan fingerprint density at radius 2 is 1.86 bits per heavy atom. The lowest BCUT2D eigenvalue weighted by Gasteiger charge is -2.22. The molecular formula is C20H22N6O2. The summed E-state index contributed by atoms with van der Waals surface area (Å²) in [6, 6.07) is 6.73. The van der Waals surface area contributed by atoms with E-state index in [4.69, 9.17) is 5.73 Å². The van der Waals surface area contributed by atoms with Gasteiger partial charge in [0, 0.05) is 30.6 Å². The van der Waals surface area contributed by atoms with Crippen molar-refractivity contribution in [2.75, 3.05) is 0 Å². The maximum atomic E-state index is 12.7. The van der Waals surface area contributed by atoms with Gasteiger partial charge in [-0.05, 0) is 18.1 Å². The number of nitrogens with zero attached hydrogens (tertiary/aromatic N) is 4. The summed E-state index contributed by atoms with van der Waals surface area (Å²) in [7, 11) is 1.90. The number of imidazole rings is 1. The predicted octanol–water partition coefficient (Wildman–Crippen LogP) is 2.10. The maximum absolute atomic E-state index is 12.7. The summed E-state index contributed by atoms with van der Waals surface area (Å²) in [5, 5.41) is 3.05. The van der Waals surface area contributed by atoms with Crippen LogP contribution in [-0.4, -0.2) is 31.3 Å². The number of aryl methyl sites for hydroxylation is 1. The summed E-state index contributed by atoms with van der Waals surface area (Å²) < 4.78 is 1.90. The Balaban J connectivity index is 1.79. The Morgan fingerprint density at radius 1 is 1.14 bits per heavy atom. The summed E-state index contributed by atoms with van der Waals surface area (Å²) in [6.07, 6.45) is 6.43. The van der Waals surface area contributed by atoms with Crippen molar-refractivity contribution in [1.29, 1.82) is 0 Å². The van der Waals surface area contributed by atoms with Crippen LogP contribution in [0.1, 0.15) is 46.6 Å². The average molecular weight is 378 g/mol. The molecule has 2 amide bonds. The molecule has 8 heteroatoms. The lowest BCUT2D eigenvalue weighted by atomic mass is 10.0. The Kier molecular flexibility index (Phi) is 5.49. The molecule has 0 aliphatic rings. The van der Waals surface area contributed by atoms with Gasteiger partial charge in [0.25, 0.3) is 11.8 Å². The molecule has 0 saturated carbocycles. The molecule has 8 nitrogen and oxygen atoms in total. The summed E-state index contributed by atoms with van der Waals surface area (Å²) in [4.78, 5) is 36.5. The molecule has 0 radical (unpaired) electrons. The van der Waals surface area contributed by atoms with E-state index in [2.05, 4.69) is 20.3 Å². The Morgan fingerprint density at radius 3 is 2.43 bits per heavy atom. The zero-order valence-corrected chi connectivity index (χ0v) is 16.0. The Labute approximate surface area is 162 Å². The van der Waals surface area contributed by atoms with Gasteiger partial charge in [-0.2, -0.15) is 0 Å². The second kappa shape index (κ2) is 7.99. The first-order valence-corrected chi connectivity index (χ1v) is 8.87. The van der Waals surface area contributed by atoms with Gasteiger partial charge in [0.2, 0.25) is 0 Å². The predicted molar refractivity (Wildman–Crippen MR) is 104 cm³/mol. The summed E-state index contributed by atoms with van der Waals surface area (Å²) in [6.45, 7) is 4.07. The van der Waals surface area contributed by atoms with E-state index in [0.717, 1.165) is 11.4 Å². The third-order valence-corrected chi connectivity index (χ3v) is 4.42. The molecule has 0 saturated heterocycles. The van der Waals surface area contributed by atoms with Crippen molar-refractivity contribution in [3.05, 3.63) is 66.1 Å². The second-order valence-corrected chi connectivity index (χ2v) is 6.82. The van der Waals surface area contributed by atoms with Crippen molar-refractivity contribution >= 4 is 11.8 Å². The van der Waals surface area contributed by atoms with Gasteiger partial charge in [-0.3, -0.25) is 14.6 Å². The number of nitrogens with two attached hydrogens (primary N) is 1. The highest BCUT2D eigenvalue weighted by Crippen LogP contribution is 2.21. The average Bonchev–Trinajstić information content (AvgIpc) is 3.11. The normalized spacial score (nSPS) is 12.0. The molecule has 0 spiro atoms. The van der Waals surface area contributed by atoms with Crippen LogP contribution in [0.3, 0.4) is 0 Å². The fraction of sp³-hybridized carbons (Fsp3) is 0.250. The number of hydrogen-bond acceptors (Lipinski definition) is 5. The quantitative estimate of drug-likeness (QED) is 0.681. The van der Waals surface area contributed by atoms with E-state index in [1.165, 1.54) is 12.4 Å². The fourth-order valence-corrected chi connectivity index (χ4v) is 2.85. The van der Waals surface area contributed by atoms with Crippen molar-refractivity contribution < 1.29 is 9.59 Å². The zero-order valence-electron chi connectivity index (χ0n) is 16.0.